The molecule has 3 aromatic carbocycles. The minimum Gasteiger partial charge on any atom is -0.384 e. The summed E-state index contributed by atoms with van der Waals surface area (Å²) in [5.74, 6) is -1.75. The van der Waals surface area contributed by atoms with Gasteiger partial charge in [-0.1, -0.05) is 56.1 Å². The average molecular weight is 533 g/mol. The lowest BCUT2D eigenvalue weighted by Crippen LogP contribution is -2.14. The number of rotatable bonds is 12. The van der Waals surface area contributed by atoms with Gasteiger partial charge in [-0.15, -0.1) is 0 Å². The molecule has 0 aliphatic heterocycles. The van der Waals surface area contributed by atoms with Gasteiger partial charge in [0.2, 0.25) is 17.7 Å². The first-order valence-corrected chi connectivity index (χ1v) is 12.5. The highest BCUT2D eigenvalue weighted by molar-refractivity contribution is 7.49. The van der Waals surface area contributed by atoms with Crippen molar-refractivity contribution in [2.75, 3.05) is 16.0 Å². The SMILES string of the molecule is C=CC(=O)Nc1ccccc1OP(=O)(Oc1ccccc1NC(=O)C=C)Oc1ccccc1NC(=O)C=C. The van der Waals surface area contributed by atoms with Gasteiger partial charge in [-0.25, -0.2) is 0 Å². The van der Waals surface area contributed by atoms with Crippen molar-refractivity contribution >= 4 is 42.6 Å². The normalized spacial score (nSPS) is 10.3. The number of carbonyl (C=O) groups is 3. The molecule has 3 N–H and O–H groups in total. The molecule has 11 heteroatoms. The fourth-order valence-corrected chi connectivity index (χ4v) is 4.23. The quantitative estimate of drug-likeness (QED) is 0.201. The minimum absolute atomic E-state index is 0.0498. The number of nitrogens with one attached hydrogen (secondary N) is 3. The van der Waals surface area contributed by atoms with Crippen LogP contribution in [0.4, 0.5) is 17.1 Å². The Morgan fingerprint density at radius 2 is 0.816 bits per heavy atom. The Hall–Kier alpha value is -5.08. The molecule has 0 atom stereocenters. The lowest BCUT2D eigenvalue weighted by atomic mass is 10.3. The summed E-state index contributed by atoms with van der Waals surface area (Å²) < 4.78 is 31.4. The molecule has 10 nitrogen and oxygen atoms in total. The standard InChI is InChI=1S/C27H24N3O7P/c1-4-25(31)28-19-13-7-10-16-22(19)35-38(34,36-23-17-11-8-14-20(23)29-26(32)5-2)37-24-18-12-9-15-21(24)30-27(33)6-3/h4-18H,1-3H2,(H,28,31)(H,29,32)(H,30,33). The maximum Gasteiger partial charge on any atom is 0.647 e. The van der Waals surface area contributed by atoms with E-state index in [4.69, 9.17) is 13.6 Å². The molecule has 0 unspecified atom stereocenters. The summed E-state index contributed by atoms with van der Waals surface area (Å²) >= 11 is 0. The minimum atomic E-state index is -4.65. The van der Waals surface area contributed by atoms with Crippen LogP contribution in [0.15, 0.2) is 111 Å². The maximum atomic E-state index is 14.2. The van der Waals surface area contributed by atoms with Crippen LogP contribution in [0.25, 0.3) is 0 Å². The van der Waals surface area contributed by atoms with Crippen LogP contribution in [0.2, 0.25) is 0 Å². The van der Waals surface area contributed by atoms with Crippen molar-refractivity contribution in [2.45, 2.75) is 0 Å². The summed E-state index contributed by atoms with van der Waals surface area (Å²) in [6.07, 6.45) is 3.17. The number of amides is 3. The number of benzene rings is 3. The maximum absolute atomic E-state index is 14.2. The van der Waals surface area contributed by atoms with Gasteiger partial charge in [-0.3, -0.25) is 14.4 Å². The van der Waals surface area contributed by atoms with Crippen LogP contribution in [0.5, 0.6) is 17.2 Å². The van der Waals surface area contributed by atoms with Crippen LogP contribution in [-0.4, -0.2) is 17.7 Å². The molecule has 0 heterocycles. The van der Waals surface area contributed by atoms with Gasteiger partial charge in [-0.2, -0.15) is 4.57 Å². The van der Waals surface area contributed by atoms with Gasteiger partial charge in [-0.05, 0) is 54.6 Å². The van der Waals surface area contributed by atoms with Crippen molar-refractivity contribution in [2.24, 2.45) is 0 Å². The van der Waals surface area contributed by atoms with Crippen molar-refractivity contribution in [3.8, 4) is 17.2 Å². The summed E-state index contributed by atoms with van der Waals surface area (Å²) in [5, 5.41) is 7.65. The van der Waals surface area contributed by atoms with Gasteiger partial charge in [0.15, 0.2) is 17.2 Å². The topological polar surface area (TPSA) is 132 Å². The second kappa shape index (κ2) is 12.8. The third-order valence-electron chi connectivity index (χ3n) is 4.62. The molecule has 0 aliphatic rings. The summed E-state index contributed by atoms with van der Waals surface area (Å²) in [6.45, 7) is 10.2. The van der Waals surface area contributed by atoms with E-state index < -0.39 is 25.5 Å². The number of hydrogen-bond donors (Lipinski definition) is 3. The van der Waals surface area contributed by atoms with Gasteiger partial charge in [0.25, 0.3) is 0 Å². The Kier molecular flexibility index (Phi) is 9.23. The summed E-state index contributed by atoms with van der Waals surface area (Å²) in [6, 6.07) is 18.5. The lowest BCUT2D eigenvalue weighted by Gasteiger charge is -2.23. The van der Waals surface area contributed by atoms with E-state index in [2.05, 4.69) is 35.7 Å². The first kappa shape index (κ1) is 27.5. The van der Waals surface area contributed by atoms with Crippen LogP contribution in [0.1, 0.15) is 0 Å². The predicted molar refractivity (Wildman–Crippen MR) is 145 cm³/mol. The monoisotopic (exact) mass is 533 g/mol. The fraction of sp³-hybridized carbons (Fsp3) is 0. The third kappa shape index (κ3) is 7.46. The molecule has 38 heavy (non-hydrogen) atoms. The molecule has 0 saturated heterocycles. The highest BCUT2D eigenvalue weighted by atomic mass is 31.2. The molecule has 3 rings (SSSR count). The number of hydrogen-bond acceptors (Lipinski definition) is 7. The Balaban J connectivity index is 2.06. The van der Waals surface area contributed by atoms with Crippen LogP contribution in [-0.2, 0) is 18.9 Å². The van der Waals surface area contributed by atoms with E-state index in [-0.39, 0.29) is 34.3 Å². The predicted octanol–water partition coefficient (Wildman–Crippen LogP) is 5.71. The van der Waals surface area contributed by atoms with Gasteiger partial charge in [0.1, 0.15) is 0 Å². The summed E-state index contributed by atoms with van der Waals surface area (Å²) in [4.78, 5) is 35.8. The molecular weight excluding hydrogens is 509 g/mol. The van der Waals surface area contributed by atoms with E-state index in [9.17, 15) is 18.9 Å². The van der Waals surface area contributed by atoms with E-state index >= 15 is 0 Å². The molecule has 0 aromatic heterocycles. The zero-order valence-electron chi connectivity index (χ0n) is 20.1. The number of para-hydroxylation sites is 6. The summed E-state index contributed by atoms with van der Waals surface area (Å²) in [5.41, 5.74) is 0.476. The number of phosphoric ester groups is 1. The molecule has 3 amide bonds. The van der Waals surface area contributed by atoms with Crippen molar-refractivity contribution < 1.29 is 32.5 Å². The molecule has 3 aromatic rings. The molecule has 0 radical (unpaired) electrons. The number of anilines is 3. The van der Waals surface area contributed by atoms with Crippen molar-refractivity contribution in [3.63, 3.8) is 0 Å². The second-order valence-corrected chi connectivity index (χ2v) is 8.73. The van der Waals surface area contributed by atoms with E-state index in [1.54, 1.807) is 36.4 Å². The molecule has 0 saturated carbocycles. The molecule has 0 bridgehead atoms. The smallest absolute Gasteiger partial charge is 0.384 e. The lowest BCUT2D eigenvalue weighted by molar-refractivity contribution is -0.112. The first-order chi connectivity index (χ1) is 18.3. The van der Waals surface area contributed by atoms with E-state index in [0.29, 0.717) is 0 Å². The zero-order chi connectivity index (χ0) is 27.5. The van der Waals surface area contributed by atoms with Crippen LogP contribution < -0.4 is 29.5 Å². The largest absolute Gasteiger partial charge is 0.647 e. The van der Waals surface area contributed by atoms with E-state index in [1.165, 1.54) is 36.4 Å². The number of phosphoric acid groups is 1. The van der Waals surface area contributed by atoms with Crippen LogP contribution in [0, 0.1) is 0 Å². The van der Waals surface area contributed by atoms with Gasteiger partial charge in [0.05, 0.1) is 17.1 Å². The molecule has 0 aliphatic carbocycles. The second-order valence-electron chi connectivity index (χ2n) is 7.29. The highest BCUT2D eigenvalue weighted by Gasteiger charge is 2.36. The summed E-state index contributed by atoms with van der Waals surface area (Å²) in [7, 11) is -4.65. The molecule has 194 valence electrons. The Morgan fingerprint density at radius 1 is 0.553 bits per heavy atom. The van der Waals surface area contributed by atoms with Crippen LogP contribution >= 0.6 is 7.82 Å². The Morgan fingerprint density at radius 3 is 1.08 bits per heavy atom. The highest BCUT2D eigenvalue weighted by Crippen LogP contribution is 2.53. The third-order valence-corrected chi connectivity index (χ3v) is 5.88. The van der Waals surface area contributed by atoms with E-state index in [1.807, 2.05) is 0 Å². The van der Waals surface area contributed by atoms with Crippen molar-refractivity contribution in [1.29, 1.82) is 0 Å². The zero-order valence-corrected chi connectivity index (χ0v) is 21.0. The first-order valence-electron chi connectivity index (χ1n) is 11.0. The molecule has 0 spiro atoms. The Labute approximate surface area is 219 Å². The van der Waals surface area contributed by atoms with Crippen molar-refractivity contribution in [3.05, 3.63) is 111 Å². The van der Waals surface area contributed by atoms with Crippen LogP contribution in [0.3, 0.4) is 0 Å². The van der Waals surface area contributed by atoms with E-state index in [0.717, 1.165) is 18.2 Å². The average Bonchev–Trinajstić information content (AvgIpc) is 2.91. The molecule has 0 fully saturated rings. The molecular formula is C27H24N3O7P. The number of carbonyl (C=O) groups excluding carboxylic acids is 3. The van der Waals surface area contributed by atoms with Gasteiger partial charge < -0.3 is 29.5 Å². The van der Waals surface area contributed by atoms with Gasteiger partial charge >= 0.3 is 7.82 Å². The Bertz CT molecular complexity index is 1270. The van der Waals surface area contributed by atoms with Crippen molar-refractivity contribution in [1.82, 2.24) is 0 Å². The fourth-order valence-electron chi connectivity index (χ4n) is 2.92. The van der Waals surface area contributed by atoms with Gasteiger partial charge in [0, 0.05) is 0 Å².